The van der Waals surface area contributed by atoms with Gasteiger partial charge in [-0.05, 0) is 6.07 Å². The third-order valence-electron chi connectivity index (χ3n) is 1.51. The van der Waals surface area contributed by atoms with Crippen LogP contribution in [0.4, 0.5) is 0 Å². The van der Waals surface area contributed by atoms with Crippen molar-refractivity contribution in [1.82, 2.24) is 15.5 Å². The standard InChI is InChI=1S/C8H13N3O3/c12-4-6-14-5-3-9-8(13)7-1-2-10-11-7/h1-2,12H,3-6H2,(H,9,13)(H,10,11). The van der Waals surface area contributed by atoms with E-state index in [9.17, 15) is 4.79 Å². The van der Waals surface area contributed by atoms with E-state index in [1.165, 1.54) is 6.20 Å². The van der Waals surface area contributed by atoms with Crippen LogP contribution in [0.1, 0.15) is 10.5 Å². The monoisotopic (exact) mass is 199 g/mol. The minimum atomic E-state index is -0.213. The third kappa shape index (κ3) is 3.55. The van der Waals surface area contributed by atoms with Gasteiger partial charge in [-0.2, -0.15) is 5.10 Å². The third-order valence-corrected chi connectivity index (χ3v) is 1.51. The van der Waals surface area contributed by atoms with Crippen molar-refractivity contribution in [2.24, 2.45) is 0 Å². The van der Waals surface area contributed by atoms with Crippen LogP contribution in [0.3, 0.4) is 0 Å². The molecule has 1 rings (SSSR count). The molecule has 0 unspecified atom stereocenters. The molecule has 1 amide bonds. The molecule has 6 nitrogen and oxygen atoms in total. The number of aromatic amines is 1. The average Bonchev–Trinajstić information content (AvgIpc) is 2.70. The van der Waals surface area contributed by atoms with E-state index < -0.39 is 0 Å². The van der Waals surface area contributed by atoms with Gasteiger partial charge in [0.1, 0.15) is 5.69 Å². The Morgan fingerprint density at radius 3 is 3.14 bits per heavy atom. The van der Waals surface area contributed by atoms with Gasteiger partial charge in [0.05, 0.1) is 19.8 Å². The predicted molar refractivity (Wildman–Crippen MR) is 48.8 cm³/mol. The fourth-order valence-corrected chi connectivity index (χ4v) is 0.881. The van der Waals surface area contributed by atoms with Crippen molar-refractivity contribution < 1.29 is 14.6 Å². The highest BCUT2D eigenvalue weighted by molar-refractivity contribution is 5.91. The number of aliphatic hydroxyl groups is 1. The summed E-state index contributed by atoms with van der Waals surface area (Å²) in [6, 6.07) is 1.59. The molecule has 0 aliphatic rings. The Morgan fingerprint density at radius 1 is 1.64 bits per heavy atom. The summed E-state index contributed by atoms with van der Waals surface area (Å²) < 4.78 is 4.96. The summed E-state index contributed by atoms with van der Waals surface area (Å²) in [6.07, 6.45) is 1.51. The Bertz CT molecular complexity index is 261. The molecule has 0 saturated heterocycles. The van der Waals surface area contributed by atoms with E-state index in [1.807, 2.05) is 0 Å². The van der Waals surface area contributed by atoms with Crippen LogP contribution in [0, 0.1) is 0 Å². The molecule has 1 aromatic heterocycles. The number of carbonyl (C=O) groups excluding carboxylic acids is 1. The van der Waals surface area contributed by atoms with E-state index in [0.29, 0.717) is 25.5 Å². The van der Waals surface area contributed by atoms with Gasteiger partial charge in [0.15, 0.2) is 0 Å². The Hall–Kier alpha value is -1.40. The number of aliphatic hydroxyl groups excluding tert-OH is 1. The average molecular weight is 199 g/mol. The Labute approximate surface area is 81.3 Å². The van der Waals surface area contributed by atoms with Crippen LogP contribution < -0.4 is 5.32 Å². The first-order valence-electron chi connectivity index (χ1n) is 4.31. The zero-order valence-electron chi connectivity index (χ0n) is 7.69. The lowest BCUT2D eigenvalue weighted by Gasteiger charge is -2.03. The van der Waals surface area contributed by atoms with Gasteiger partial charge in [-0.1, -0.05) is 0 Å². The van der Waals surface area contributed by atoms with Crippen molar-refractivity contribution in [3.8, 4) is 0 Å². The van der Waals surface area contributed by atoms with Gasteiger partial charge in [0, 0.05) is 12.7 Å². The number of amides is 1. The first kappa shape index (κ1) is 10.7. The number of H-pyrrole nitrogens is 1. The zero-order chi connectivity index (χ0) is 10.2. The van der Waals surface area contributed by atoms with Crippen LogP contribution in [0.15, 0.2) is 12.3 Å². The van der Waals surface area contributed by atoms with Crippen molar-refractivity contribution in [3.05, 3.63) is 18.0 Å². The molecule has 1 heterocycles. The summed E-state index contributed by atoms with van der Waals surface area (Å²) in [5.74, 6) is -0.213. The van der Waals surface area contributed by atoms with Crippen molar-refractivity contribution in [2.75, 3.05) is 26.4 Å². The van der Waals surface area contributed by atoms with Gasteiger partial charge in [-0.3, -0.25) is 9.89 Å². The molecule has 0 aliphatic heterocycles. The van der Waals surface area contributed by atoms with Crippen molar-refractivity contribution in [1.29, 1.82) is 0 Å². The quantitative estimate of drug-likeness (QED) is 0.521. The van der Waals surface area contributed by atoms with Crippen LogP contribution in [0.5, 0.6) is 0 Å². The number of nitrogens with one attached hydrogen (secondary N) is 2. The SMILES string of the molecule is O=C(NCCOCCO)c1ccn[nH]1. The highest BCUT2D eigenvalue weighted by Gasteiger charge is 2.04. The summed E-state index contributed by atoms with van der Waals surface area (Å²) in [7, 11) is 0. The Morgan fingerprint density at radius 2 is 2.50 bits per heavy atom. The number of rotatable bonds is 6. The van der Waals surface area contributed by atoms with Crippen molar-refractivity contribution in [2.45, 2.75) is 0 Å². The normalized spacial score (nSPS) is 10.1. The molecule has 6 heteroatoms. The summed E-state index contributed by atoms with van der Waals surface area (Å²) in [6.45, 7) is 1.09. The zero-order valence-corrected chi connectivity index (χ0v) is 7.69. The first-order chi connectivity index (χ1) is 6.84. The largest absolute Gasteiger partial charge is 0.394 e. The van der Waals surface area contributed by atoms with E-state index in [2.05, 4.69) is 15.5 Å². The maximum atomic E-state index is 11.3. The van der Waals surface area contributed by atoms with Crippen LogP contribution in [-0.4, -0.2) is 47.6 Å². The molecule has 3 N–H and O–H groups in total. The molecule has 0 bridgehead atoms. The minimum absolute atomic E-state index is 0.00546. The van der Waals surface area contributed by atoms with Crippen LogP contribution in [-0.2, 0) is 4.74 Å². The van der Waals surface area contributed by atoms with Crippen LogP contribution in [0.25, 0.3) is 0 Å². The Balaban J connectivity index is 2.10. The molecule has 1 aromatic rings. The van der Waals surface area contributed by atoms with Gasteiger partial charge >= 0.3 is 0 Å². The lowest BCUT2D eigenvalue weighted by atomic mass is 10.4. The van der Waals surface area contributed by atoms with E-state index in [-0.39, 0.29) is 12.5 Å². The maximum absolute atomic E-state index is 11.3. The molecule has 0 aromatic carbocycles. The predicted octanol–water partition coefficient (Wildman–Crippen LogP) is -0.852. The van der Waals surface area contributed by atoms with E-state index in [0.717, 1.165) is 0 Å². The highest BCUT2D eigenvalue weighted by Crippen LogP contribution is 1.89. The van der Waals surface area contributed by atoms with Crippen LogP contribution >= 0.6 is 0 Å². The Kier molecular flexibility index (Phi) is 4.66. The lowest BCUT2D eigenvalue weighted by Crippen LogP contribution is -2.27. The lowest BCUT2D eigenvalue weighted by molar-refractivity contribution is 0.0835. The molecule has 0 saturated carbocycles. The summed E-state index contributed by atoms with van der Waals surface area (Å²) in [4.78, 5) is 11.3. The fourth-order valence-electron chi connectivity index (χ4n) is 0.881. The number of hydrogen-bond donors (Lipinski definition) is 3. The molecule has 0 radical (unpaired) electrons. The topological polar surface area (TPSA) is 87.2 Å². The van der Waals surface area contributed by atoms with Gasteiger partial charge in [-0.25, -0.2) is 0 Å². The van der Waals surface area contributed by atoms with E-state index in [1.54, 1.807) is 6.07 Å². The molecule has 14 heavy (non-hydrogen) atoms. The number of hydrogen-bond acceptors (Lipinski definition) is 4. The van der Waals surface area contributed by atoms with Crippen molar-refractivity contribution in [3.63, 3.8) is 0 Å². The van der Waals surface area contributed by atoms with E-state index >= 15 is 0 Å². The molecule has 0 spiro atoms. The van der Waals surface area contributed by atoms with Crippen molar-refractivity contribution >= 4 is 5.91 Å². The summed E-state index contributed by atoms with van der Waals surface area (Å²) in [5, 5.41) is 17.2. The number of nitrogens with zero attached hydrogens (tertiary/aromatic N) is 1. The molecular weight excluding hydrogens is 186 g/mol. The van der Waals surface area contributed by atoms with E-state index in [4.69, 9.17) is 9.84 Å². The fraction of sp³-hybridized carbons (Fsp3) is 0.500. The van der Waals surface area contributed by atoms with Crippen LogP contribution in [0.2, 0.25) is 0 Å². The first-order valence-corrected chi connectivity index (χ1v) is 4.31. The highest BCUT2D eigenvalue weighted by atomic mass is 16.5. The minimum Gasteiger partial charge on any atom is -0.394 e. The second kappa shape index (κ2) is 6.11. The summed E-state index contributed by atoms with van der Waals surface area (Å²) >= 11 is 0. The second-order valence-corrected chi connectivity index (χ2v) is 2.56. The number of aromatic nitrogens is 2. The van der Waals surface area contributed by atoms with Gasteiger partial charge in [0.2, 0.25) is 0 Å². The molecule has 0 atom stereocenters. The molecule has 0 fully saturated rings. The van der Waals surface area contributed by atoms with Gasteiger partial charge in [0.25, 0.3) is 5.91 Å². The van der Waals surface area contributed by atoms with Gasteiger partial charge in [-0.15, -0.1) is 0 Å². The molecule has 78 valence electrons. The molecular formula is C8H13N3O3. The maximum Gasteiger partial charge on any atom is 0.269 e. The number of carbonyl (C=O) groups is 1. The second-order valence-electron chi connectivity index (χ2n) is 2.56. The molecule has 0 aliphatic carbocycles. The summed E-state index contributed by atoms with van der Waals surface area (Å²) in [5.41, 5.74) is 0.423. The van der Waals surface area contributed by atoms with Gasteiger partial charge < -0.3 is 15.2 Å². The number of ether oxygens (including phenoxy) is 1. The smallest absolute Gasteiger partial charge is 0.269 e.